The van der Waals surface area contributed by atoms with E-state index in [9.17, 15) is 4.79 Å². The van der Waals surface area contributed by atoms with Crippen LogP contribution in [0, 0.1) is 5.92 Å². The van der Waals surface area contributed by atoms with Crippen molar-refractivity contribution in [1.82, 2.24) is 9.80 Å². The molecule has 0 bridgehead atoms. The molecule has 0 radical (unpaired) electrons. The molecule has 1 unspecified atom stereocenters. The van der Waals surface area contributed by atoms with Gasteiger partial charge in [-0.15, -0.1) is 0 Å². The van der Waals surface area contributed by atoms with Gasteiger partial charge in [-0.1, -0.05) is 13.3 Å². The van der Waals surface area contributed by atoms with Crippen LogP contribution in [-0.4, -0.2) is 42.0 Å². The van der Waals surface area contributed by atoms with Crippen LogP contribution in [0.3, 0.4) is 0 Å². The van der Waals surface area contributed by atoms with Crippen LogP contribution in [0.2, 0.25) is 0 Å². The molecule has 1 atom stereocenters. The van der Waals surface area contributed by atoms with Crippen LogP contribution in [0.15, 0.2) is 0 Å². The number of carbonyl (C=O) groups excluding carboxylic acids is 1. The van der Waals surface area contributed by atoms with Crippen LogP contribution < -0.4 is 0 Å². The van der Waals surface area contributed by atoms with Crippen molar-refractivity contribution in [3.05, 3.63) is 0 Å². The van der Waals surface area contributed by atoms with E-state index in [-0.39, 0.29) is 0 Å². The molecule has 0 saturated carbocycles. The van der Waals surface area contributed by atoms with Crippen molar-refractivity contribution in [2.45, 2.75) is 39.0 Å². The molecule has 0 spiro atoms. The number of amides is 2. The van der Waals surface area contributed by atoms with Crippen LogP contribution in [0.25, 0.3) is 0 Å². The van der Waals surface area contributed by atoms with Gasteiger partial charge in [0, 0.05) is 26.2 Å². The fourth-order valence-corrected chi connectivity index (χ4v) is 2.76. The SMILES string of the molecule is CCCC1CCN(C(=O)N2CCCC2)C1. The normalized spacial score (nSPS) is 26.3. The van der Waals surface area contributed by atoms with Gasteiger partial charge < -0.3 is 9.80 Å². The smallest absolute Gasteiger partial charge is 0.320 e. The molecule has 0 aromatic heterocycles. The molecule has 0 aromatic rings. The summed E-state index contributed by atoms with van der Waals surface area (Å²) in [5.74, 6) is 0.765. The highest BCUT2D eigenvalue weighted by atomic mass is 16.2. The van der Waals surface area contributed by atoms with Crippen LogP contribution >= 0.6 is 0 Å². The van der Waals surface area contributed by atoms with Gasteiger partial charge in [-0.3, -0.25) is 0 Å². The molecule has 15 heavy (non-hydrogen) atoms. The predicted octanol–water partition coefficient (Wildman–Crippen LogP) is 2.32. The van der Waals surface area contributed by atoms with Crippen LogP contribution in [0.5, 0.6) is 0 Å². The van der Waals surface area contributed by atoms with Crippen LogP contribution in [0.4, 0.5) is 4.79 Å². The summed E-state index contributed by atoms with van der Waals surface area (Å²) in [5, 5.41) is 0. The standard InChI is InChI=1S/C12H22N2O/c1-2-5-11-6-9-14(10-11)12(15)13-7-3-4-8-13/h11H,2-10H2,1H3. The zero-order valence-electron chi connectivity index (χ0n) is 9.74. The molecule has 0 N–H and O–H groups in total. The molecule has 2 aliphatic rings. The Kier molecular flexibility index (Phi) is 3.49. The van der Waals surface area contributed by atoms with Crippen molar-refractivity contribution in [3.8, 4) is 0 Å². The number of rotatable bonds is 2. The Hall–Kier alpha value is -0.730. The highest BCUT2D eigenvalue weighted by Crippen LogP contribution is 2.22. The fraction of sp³-hybridized carbons (Fsp3) is 0.917. The summed E-state index contributed by atoms with van der Waals surface area (Å²) in [6.45, 7) is 6.18. The van der Waals surface area contributed by atoms with Gasteiger partial charge in [0.15, 0.2) is 0 Å². The first-order chi connectivity index (χ1) is 7.31. The molecule has 86 valence electrons. The number of likely N-dealkylation sites (tertiary alicyclic amines) is 2. The number of carbonyl (C=O) groups is 1. The topological polar surface area (TPSA) is 23.6 Å². The van der Waals surface area contributed by atoms with E-state index >= 15 is 0 Å². The summed E-state index contributed by atoms with van der Waals surface area (Å²) < 4.78 is 0. The Morgan fingerprint density at radius 1 is 1.20 bits per heavy atom. The maximum Gasteiger partial charge on any atom is 0.320 e. The molecule has 3 heteroatoms. The van der Waals surface area contributed by atoms with E-state index in [0.717, 1.165) is 32.1 Å². The lowest BCUT2D eigenvalue weighted by Crippen LogP contribution is -2.40. The van der Waals surface area contributed by atoms with E-state index in [1.807, 2.05) is 4.90 Å². The lowest BCUT2D eigenvalue weighted by molar-refractivity contribution is 0.171. The molecule has 2 rings (SSSR count). The molecule has 2 fully saturated rings. The summed E-state index contributed by atoms with van der Waals surface area (Å²) in [5.41, 5.74) is 0. The fourth-order valence-electron chi connectivity index (χ4n) is 2.76. The molecular formula is C12H22N2O. The van der Waals surface area contributed by atoms with Crippen molar-refractivity contribution in [1.29, 1.82) is 0 Å². The number of hydrogen-bond donors (Lipinski definition) is 0. The van der Waals surface area contributed by atoms with Crippen molar-refractivity contribution < 1.29 is 4.79 Å². The summed E-state index contributed by atoms with van der Waals surface area (Å²) in [4.78, 5) is 16.1. The third-order valence-corrected chi connectivity index (χ3v) is 3.63. The Morgan fingerprint density at radius 3 is 2.60 bits per heavy atom. The van der Waals surface area contributed by atoms with Crippen LogP contribution in [0.1, 0.15) is 39.0 Å². The van der Waals surface area contributed by atoms with Crippen molar-refractivity contribution in [2.24, 2.45) is 5.92 Å². The van der Waals surface area contributed by atoms with Crippen molar-refractivity contribution >= 4 is 6.03 Å². The number of nitrogens with zero attached hydrogens (tertiary/aromatic N) is 2. The summed E-state index contributed by atoms with van der Waals surface area (Å²) in [7, 11) is 0. The summed E-state index contributed by atoms with van der Waals surface area (Å²) >= 11 is 0. The minimum absolute atomic E-state index is 0.297. The molecule has 2 heterocycles. The second-order valence-electron chi connectivity index (χ2n) is 4.87. The average Bonchev–Trinajstić information content (AvgIpc) is 2.87. The Morgan fingerprint density at radius 2 is 1.93 bits per heavy atom. The third-order valence-electron chi connectivity index (χ3n) is 3.63. The van der Waals surface area contributed by atoms with Crippen molar-refractivity contribution in [2.75, 3.05) is 26.2 Å². The maximum absolute atomic E-state index is 12.0. The maximum atomic E-state index is 12.0. The molecule has 0 aliphatic carbocycles. The zero-order valence-corrected chi connectivity index (χ0v) is 9.74. The minimum Gasteiger partial charge on any atom is -0.325 e. The molecule has 2 amide bonds. The molecule has 2 aliphatic heterocycles. The lowest BCUT2D eigenvalue weighted by Gasteiger charge is -2.23. The van der Waals surface area contributed by atoms with Gasteiger partial charge in [-0.2, -0.15) is 0 Å². The van der Waals surface area contributed by atoms with Gasteiger partial charge >= 0.3 is 6.03 Å². The number of hydrogen-bond acceptors (Lipinski definition) is 1. The van der Waals surface area contributed by atoms with Gasteiger partial charge in [0.25, 0.3) is 0 Å². The Labute approximate surface area is 92.4 Å². The lowest BCUT2D eigenvalue weighted by atomic mass is 10.0. The van der Waals surface area contributed by atoms with Gasteiger partial charge in [0.05, 0.1) is 0 Å². The summed E-state index contributed by atoms with van der Waals surface area (Å²) in [6, 6.07) is 0.297. The van der Waals surface area contributed by atoms with Gasteiger partial charge in [-0.05, 0) is 31.6 Å². The van der Waals surface area contributed by atoms with E-state index in [2.05, 4.69) is 11.8 Å². The first kappa shape index (κ1) is 10.8. The van der Waals surface area contributed by atoms with Crippen molar-refractivity contribution in [3.63, 3.8) is 0 Å². The largest absolute Gasteiger partial charge is 0.325 e. The average molecular weight is 210 g/mol. The number of urea groups is 1. The van der Waals surface area contributed by atoms with E-state index in [0.29, 0.717) is 6.03 Å². The van der Waals surface area contributed by atoms with Gasteiger partial charge in [0.2, 0.25) is 0 Å². The zero-order chi connectivity index (χ0) is 10.7. The first-order valence-electron chi connectivity index (χ1n) is 6.35. The van der Waals surface area contributed by atoms with E-state index < -0.39 is 0 Å². The first-order valence-corrected chi connectivity index (χ1v) is 6.35. The molecule has 0 aromatic carbocycles. The van der Waals surface area contributed by atoms with Gasteiger partial charge in [0.1, 0.15) is 0 Å². The second kappa shape index (κ2) is 4.86. The third kappa shape index (κ3) is 2.44. The highest BCUT2D eigenvalue weighted by molar-refractivity contribution is 5.75. The predicted molar refractivity (Wildman–Crippen MR) is 60.8 cm³/mol. The second-order valence-corrected chi connectivity index (χ2v) is 4.87. The molecule has 3 nitrogen and oxygen atoms in total. The Bertz CT molecular complexity index is 224. The van der Waals surface area contributed by atoms with E-state index in [1.54, 1.807) is 0 Å². The Balaban J connectivity index is 1.81. The molecular weight excluding hydrogens is 188 g/mol. The monoisotopic (exact) mass is 210 g/mol. The van der Waals surface area contributed by atoms with E-state index in [1.165, 1.54) is 32.1 Å². The van der Waals surface area contributed by atoms with E-state index in [4.69, 9.17) is 0 Å². The van der Waals surface area contributed by atoms with Gasteiger partial charge in [-0.25, -0.2) is 4.79 Å². The molecule has 2 saturated heterocycles. The summed E-state index contributed by atoms with van der Waals surface area (Å²) in [6.07, 6.45) is 6.13. The minimum atomic E-state index is 0.297. The highest BCUT2D eigenvalue weighted by Gasteiger charge is 2.29. The quantitative estimate of drug-likeness (QED) is 0.686. The van der Waals surface area contributed by atoms with Crippen LogP contribution in [-0.2, 0) is 0 Å².